The van der Waals surface area contributed by atoms with E-state index in [1.807, 2.05) is 18.5 Å². The van der Waals surface area contributed by atoms with Crippen molar-refractivity contribution in [2.24, 2.45) is 0 Å². The number of amides is 1. The van der Waals surface area contributed by atoms with Crippen LogP contribution >= 0.6 is 12.4 Å². The van der Waals surface area contributed by atoms with Gasteiger partial charge in [-0.25, -0.2) is 4.68 Å². The highest BCUT2D eigenvalue weighted by Crippen LogP contribution is 2.30. The van der Waals surface area contributed by atoms with Crippen molar-refractivity contribution in [3.8, 4) is 11.5 Å². The molecule has 2 N–H and O–H groups in total. The highest BCUT2D eigenvalue weighted by molar-refractivity contribution is 6.04. The van der Waals surface area contributed by atoms with Crippen molar-refractivity contribution in [2.45, 2.75) is 32.7 Å². The summed E-state index contributed by atoms with van der Waals surface area (Å²) in [6, 6.07) is 5.58. The zero-order valence-corrected chi connectivity index (χ0v) is 16.6. The van der Waals surface area contributed by atoms with Gasteiger partial charge in [0.15, 0.2) is 5.69 Å². The van der Waals surface area contributed by atoms with Crippen LogP contribution in [0.15, 0.2) is 18.2 Å². The van der Waals surface area contributed by atoms with E-state index >= 15 is 0 Å². The lowest BCUT2D eigenvalue weighted by Crippen LogP contribution is -2.30. The van der Waals surface area contributed by atoms with Gasteiger partial charge in [0.05, 0.1) is 31.1 Å². The molecule has 0 saturated carbocycles. The standard InChI is InChI=1S/C18H25N5O3.ClH/c1-4-26-16-6-5-14(25-3)11-15(16)20-18(24)17-12(2)23(22-21-17)13-7-9-19-10-8-13;/h5-6,11,13,19H,4,7-10H2,1-3H3,(H,20,24);1H. The van der Waals surface area contributed by atoms with E-state index in [2.05, 4.69) is 20.9 Å². The second-order valence-corrected chi connectivity index (χ2v) is 6.20. The molecule has 1 aromatic heterocycles. The normalized spacial score (nSPS) is 14.3. The zero-order chi connectivity index (χ0) is 18.5. The van der Waals surface area contributed by atoms with Crippen molar-refractivity contribution in [2.75, 3.05) is 32.1 Å². The molecule has 2 heterocycles. The number of benzene rings is 1. The van der Waals surface area contributed by atoms with Gasteiger partial charge in [0.2, 0.25) is 0 Å². The van der Waals surface area contributed by atoms with Crippen LogP contribution < -0.4 is 20.1 Å². The number of nitrogens with one attached hydrogen (secondary N) is 2. The Balaban J connectivity index is 0.00000261. The maximum atomic E-state index is 12.8. The van der Waals surface area contributed by atoms with Gasteiger partial charge < -0.3 is 20.1 Å². The molecule has 0 atom stereocenters. The number of aromatic nitrogens is 3. The first kappa shape index (κ1) is 21.0. The summed E-state index contributed by atoms with van der Waals surface area (Å²) in [4.78, 5) is 12.8. The van der Waals surface area contributed by atoms with Crippen molar-refractivity contribution in [3.63, 3.8) is 0 Å². The largest absolute Gasteiger partial charge is 0.497 e. The second kappa shape index (κ2) is 9.57. The van der Waals surface area contributed by atoms with Crippen LogP contribution in [0.1, 0.15) is 42.0 Å². The number of nitrogens with zero attached hydrogens (tertiary/aromatic N) is 3. The van der Waals surface area contributed by atoms with E-state index in [9.17, 15) is 4.79 Å². The van der Waals surface area contributed by atoms with Crippen LogP contribution in [0.25, 0.3) is 0 Å². The Hall–Kier alpha value is -2.32. The van der Waals surface area contributed by atoms with Crippen molar-refractivity contribution in [3.05, 3.63) is 29.6 Å². The van der Waals surface area contributed by atoms with Crippen LogP contribution in [-0.4, -0.2) is 47.7 Å². The van der Waals surface area contributed by atoms with Crippen LogP contribution in [0.4, 0.5) is 5.69 Å². The lowest BCUT2D eigenvalue weighted by atomic mass is 10.1. The number of ether oxygens (including phenoxy) is 2. The maximum Gasteiger partial charge on any atom is 0.278 e. The van der Waals surface area contributed by atoms with Crippen LogP contribution in [-0.2, 0) is 0 Å². The number of piperidine rings is 1. The number of rotatable bonds is 6. The minimum Gasteiger partial charge on any atom is -0.497 e. The smallest absolute Gasteiger partial charge is 0.278 e. The molecule has 0 radical (unpaired) electrons. The molecule has 0 unspecified atom stereocenters. The lowest BCUT2D eigenvalue weighted by molar-refractivity contribution is 0.102. The topological polar surface area (TPSA) is 90.3 Å². The van der Waals surface area contributed by atoms with Crippen molar-refractivity contribution in [1.29, 1.82) is 0 Å². The minimum absolute atomic E-state index is 0. The summed E-state index contributed by atoms with van der Waals surface area (Å²) in [6.45, 7) is 6.18. The molecular weight excluding hydrogens is 370 g/mol. The Morgan fingerprint density at radius 2 is 2.11 bits per heavy atom. The van der Waals surface area contributed by atoms with Gasteiger partial charge >= 0.3 is 0 Å². The second-order valence-electron chi connectivity index (χ2n) is 6.20. The molecular formula is C18H26ClN5O3. The number of hydrogen-bond acceptors (Lipinski definition) is 6. The van der Waals surface area contributed by atoms with E-state index < -0.39 is 0 Å². The molecule has 0 bridgehead atoms. The summed E-state index contributed by atoms with van der Waals surface area (Å²) in [6.07, 6.45) is 1.96. The summed E-state index contributed by atoms with van der Waals surface area (Å²) in [5.74, 6) is 0.917. The predicted octanol–water partition coefficient (Wildman–Crippen LogP) is 2.59. The van der Waals surface area contributed by atoms with Gasteiger partial charge in [-0.1, -0.05) is 5.21 Å². The molecule has 148 valence electrons. The van der Waals surface area contributed by atoms with Crippen molar-refractivity contribution < 1.29 is 14.3 Å². The summed E-state index contributed by atoms with van der Waals surface area (Å²) in [5.41, 5.74) is 1.65. The molecule has 27 heavy (non-hydrogen) atoms. The fourth-order valence-corrected chi connectivity index (χ4v) is 3.15. The van der Waals surface area contributed by atoms with Crippen molar-refractivity contribution >= 4 is 24.0 Å². The Labute approximate surface area is 165 Å². The van der Waals surface area contributed by atoms with Crippen LogP contribution in [0.3, 0.4) is 0 Å². The first-order chi connectivity index (χ1) is 12.6. The Bertz CT molecular complexity index is 774. The fourth-order valence-electron chi connectivity index (χ4n) is 3.15. The summed E-state index contributed by atoms with van der Waals surface area (Å²) >= 11 is 0. The van der Waals surface area contributed by atoms with Crippen molar-refractivity contribution in [1.82, 2.24) is 20.3 Å². The van der Waals surface area contributed by atoms with E-state index in [4.69, 9.17) is 9.47 Å². The van der Waals surface area contributed by atoms with Gasteiger partial charge in [-0.15, -0.1) is 17.5 Å². The van der Waals surface area contributed by atoms with Crippen LogP contribution in [0, 0.1) is 6.92 Å². The number of carbonyl (C=O) groups is 1. The highest BCUT2D eigenvalue weighted by Gasteiger charge is 2.23. The Morgan fingerprint density at radius 3 is 2.78 bits per heavy atom. The predicted molar refractivity (Wildman–Crippen MR) is 105 cm³/mol. The number of hydrogen-bond donors (Lipinski definition) is 2. The molecule has 8 nitrogen and oxygen atoms in total. The average molecular weight is 396 g/mol. The summed E-state index contributed by atoms with van der Waals surface area (Å²) < 4.78 is 12.7. The molecule has 1 aliphatic heterocycles. The Kier molecular flexibility index (Phi) is 7.44. The van der Waals surface area contributed by atoms with E-state index in [0.717, 1.165) is 31.6 Å². The first-order valence-corrected chi connectivity index (χ1v) is 8.88. The maximum absolute atomic E-state index is 12.8. The molecule has 9 heteroatoms. The third-order valence-electron chi connectivity index (χ3n) is 4.53. The van der Waals surface area contributed by atoms with E-state index in [1.54, 1.807) is 25.3 Å². The third kappa shape index (κ3) is 4.70. The number of halogens is 1. The minimum atomic E-state index is -0.308. The fraction of sp³-hybridized carbons (Fsp3) is 0.500. The van der Waals surface area contributed by atoms with E-state index in [-0.39, 0.29) is 24.4 Å². The van der Waals surface area contributed by atoms with E-state index in [0.29, 0.717) is 29.5 Å². The molecule has 1 amide bonds. The summed E-state index contributed by atoms with van der Waals surface area (Å²) in [7, 11) is 1.58. The molecule has 1 saturated heterocycles. The lowest BCUT2D eigenvalue weighted by Gasteiger charge is -2.23. The SMILES string of the molecule is CCOc1ccc(OC)cc1NC(=O)c1nnn(C2CCNCC2)c1C.Cl. The molecule has 3 rings (SSSR count). The molecule has 1 fully saturated rings. The molecule has 0 spiro atoms. The first-order valence-electron chi connectivity index (χ1n) is 8.88. The summed E-state index contributed by atoms with van der Waals surface area (Å²) in [5, 5.41) is 14.5. The highest BCUT2D eigenvalue weighted by atomic mass is 35.5. The van der Waals surface area contributed by atoms with Gasteiger partial charge in [-0.2, -0.15) is 0 Å². The number of carbonyl (C=O) groups excluding carboxylic acids is 1. The number of anilines is 1. The Morgan fingerprint density at radius 1 is 1.37 bits per heavy atom. The van der Waals surface area contributed by atoms with Gasteiger partial charge in [0, 0.05) is 6.07 Å². The van der Waals surface area contributed by atoms with Gasteiger partial charge in [0.1, 0.15) is 11.5 Å². The van der Waals surface area contributed by atoms with Gasteiger partial charge in [-0.3, -0.25) is 4.79 Å². The molecule has 0 aliphatic carbocycles. The van der Waals surface area contributed by atoms with Gasteiger partial charge in [-0.05, 0) is 51.9 Å². The molecule has 2 aromatic rings. The van der Waals surface area contributed by atoms with Crippen LogP contribution in [0.2, 0.25) is 0 Å². The quantitative estimate of drug-likeness (QED) is 0.781. The average Bonchev–Trinajstić information content (AvgIpc) is 3.05. The van der Waals surface area contributed by atoms with Crippen LogP contribution in [0.5, 0.6) is 11.5 Å². The monoisotopic (exact) mass is 395 g/mol. The molecule has 1 aliphatic rings. The van der Waals surface area contributed by atoms with E-state index in [1.165, 1.54) is 0 Å². The third-order valence-corrected chi connectivity index (χ3v) is 4.53. The zero-order valence-electron chi connectivity index (χ0n) is 15.8. The number of methoxy groups -OCH3 is 1. The molecule has 1 aromatic carbocycles. The van der Waals surface area contributed by atoms with Gasteiger partial charge in [0.25, 0.3) is 5.91 Å².